The molecule has 9 aromatic rings. The molecule has 0 atom stereocenters. The van der Waals surface area contributed by atoms with E-state index in [-0.39, 0.29) is 35.6 Å². The lowest BCUT2D eigenvalue weighted by atomic mass is 9.85. The van der Waals surface area contributed by atoms with Crippen molar-refractivity contribution >= 4 is 32.6 Å². The van der Waals surface area contributed by atoms with Gasteiger partial charge < -0.3 is 0 Å². The molecule has 2 heteroatoms. The van der Waals surface area contributed by atoms with Crippen molar-refractivity contribution in [2.24, 2.45) is 0 Å². The van der Waals surface area contributed by atoms with Crippen LogP contribution in [0.15, 0.2) is 176 Å². The second kappa shape index (κ2) is 12.1. The van der Waals surface area contributed by atoms with Crippen molar-refractivity contribution in [3.05, 3.63) is 182 Å². The molecule has 0 radical (unpaired) electrons. The molecule has 232 valence electrons. The maximum absolute atomic E-state index is 8.65. The van der Waals surface area contributed by atoms with Crippen molar-refractivity contribution in [1.82, 2.24) is 9.55 Å². The van der Waals surface area contributed by atoms with Gasteiger partial charge in [-0.15, -0.1) is 0 Å². The lowest BCUT2D eigenvalue weighted by Gasteiger charge is -2.18. The lowest BCUT2D eigenvalue weighted by molar-refractivity contribution is 0.908. The molecule has 0 aliphatic rings. The Morgan fingerprint density at radius 3 is 1.80 bits per heavy atom. The average Bonchev–Trinajstić information content (AvgIpc) is 3.65. The quantitative estimate of drug-likeness (QED) is 0.166. The molecule has 0 N–H and O–H groups in total. The molecule has 0 fully saturated rings. The Balaban J connectivity index is 1.18. The zero-order valence-corrected chi connectivity index (χ0v) is 26.3. The molecule has 0 unspecified atom stereocenters. The summed E-state index contributed by atoms with van der Waals surface area (Å²) in [6.07, 6.45) is -2.72. The van der Waals surface area contributed by atoms with Crippen molar-refractivity contribution < 1.29 is 13.7 Å². The number of hydrogen-bond donors (Lipinski definition) is 0. The van der Waals surface area contributed by atoms with Crippen molar-refractivity contribution in [2.75, 3.05) is 0 Å². The van der Waals surface area contributed by atoms with E-state index in [0.29, 0.717) is 22.3 Å². The minimum absolute atomic E-state index is 0.161. The zero-order chi connectivity index (χ0) is 41.4. The fourth-order valence-electron chi connectivity index (χ4n) is 7.00. The monoisotopic (exact) mass is 636 g/mol. The fourth-order valence-corrected chi connectivity index (χ4v) is 7.00. The molecule has 2 nitrogen and oxygen atoms in total. The first kappa shape index (κ1) is 20.2. The van der Waals surface area contributed by atoms with Crippen molar-refractivity contribution in [1.29, 1.82) is 0 Å². The first-order valence-corrected chi connectivity index (χ1v) is 16.1. The Labute approximate surface area is 300 Å². The van der Waals surface area contributed by atoms with Gasteiger partial charge in [0, 0.05) is 18.9 Å². The molecular formula is C47H34N2. The summed E-state index contributed by atoms with van der Waals surface area (Å²) in [5.74, 6) is -0.189. The van der Waals surface area contributed by atoms with E-state index in [2.05, 4.69) is 41.4 Å². The topological polar surface area (TPSA) is 17.8 Å². The molecule has 0 aliphatic carbocycles. The van der Waals surface area contributed by atoms with Crippen molar-refractivity contribution in [2.45, 2.75) is 13.2 Å². The van der Waals surface area contributed by atoms with E-state index < -0.39 is 19.3 Å². The van der Waals surface area contributed by atoms with E-state index >= 15 is 0 Å². The predicted octanol–water partition coefficient (Wildman–Crippen LogP) is 12.6. The molecule has 0 bridgehead atoms. The smallest absolute Gasteiger partial charge is 0.114 e. The second-order valence-electron chi connectivity index (χ2n) is 11.9. The van der Waals surface area contributed by atoms with E-state index in [0.717, 1.165) is 54.9 Å². The molecule has 0 aliphatic heterocycles. The zero-order valence-electron chi connectivity index (χ0n) is 36.3. The van der Waals surface area contributed by atoms with Gasteiger partial charge in [0.25, 0.3) is 0 Å². The van der Waals surface area contributed by atoms with Gasteiger partial charge in [0.05, 0.1) is 17.9 Å². The Hall–Kier alpha value is -6.25. The maximum Gasteiger partial charge on any atom is 0.114 e. The van der Waals surface area contributed by atoms with Crippen LogP contribution in [0.1, 0.15) is 26.4 Å². The average molecular weight is 637 g/mol. The number of imidazole rings is 1. The number of fused-ring (bicyclic) bond motifs is 3. The van der Waals surface area contributed by atoms with Crippen LogP contribution in [0.25, 0.3) is 82.8 Å². The highest BCUT2D eigenvalue weighted by molar-refractivity contribution is 6.21. The Bertz CT molecular complexity index is 3040. The van der Waals surface area contributed by atoms with Crippen LogP contribution in [0.2, 0.25) is 0 Å². The molecule has 8 aromatic carbocycles. The first-order valence-electron chi connectivity index (χ1n) is 21.1. The normalized spacial score (nSPS) is 14.9. The van der Waals surface area contributed by atoms with Gasteiger partial charge in [-0.05, 0) is 96.4 Å². The molecule has 0 spiro atoms. The number of hydrogen-bond acceptors (Lipinski definition) is 1. The summed E-state index contributed by atoms with van der Waals surface area (Å²) in [7, 11) is 0. The Morgan fingerprint density at radius 2 is 1.10 bits per heavy atom. The first-order chi connectivity index (χ1) is 28.3. The Morgan fingerprint density at radius 1 is 0.531 bits per heavy atom. The number of para-hydroxylation sites is 2. The summed E-state index contributed by atoms with van der Waals surface area (Å²) in [6.45, 7) is -2.95. The molecule has 0 saturated heterocycles. The van der Waals surface area contributed by atoms with Crippen LogP contribution in [-0.4, -0.2) is 9.55 Å². The maximum atomic E-state index is 8.65. The van der Waals surface area contributed by atoms with Crippen molar-refractivity contribution in [3.63, 3.8) is 0 Å². The number of aromatic nitrogens is 2. The van der Waals surface area contributed by atoms with Gasteiger partial charge in [-0.1, -0.05) is 152 Å². The fraction of sp³-hybridized carbons (Fsp3) is 0.0426. The van der Waals surface area contributed by atoms with Crippen LogP contribution >= 0.6 is 0 Å². The third-order valence-electron chi connectivity index (χ3n) is 9.16. The van der Waals surface area contributed by atoms with Crippen LogP contribution in [-0.2, 0) is 6.37 Å². The largest absolute Gasteiger partial charge is 0.296 e. The van der Waals surface area contributed by atoms with E-state index in [1.54, 1.807) is 16.7 Å². The van der Waals surface area contributed by atoms with Gasteiger partial charge in [-0.25, -0.2) is 4.98 Å². The van der Waals surface area contributed by atoms with Gasteiger partial charge in [0.2, 0.25) is 0 Å². The van der Waals surface area contributed by atoms with Crippen LogP contribution in [0.3, 0.4) is 0 Å². The molecule has 1 heterocycles. The lowest BCUT2D eigenvalue weighted by Crippen LogP contribution is -2.00. The van der Waals surface area contributed by atoms with Gasteiger partial charge >= 0.3 is 0 Å². The molecule has 1 aromatic heterocycles. The highest BCUT2D eigenvalue weighted by atomic mass is 15.1. The third kappa shape index (κ3) is 5.01. The molecule has 49 heavy (non-hydrogen) atoms. The SMILES string of the molecule is [2H]c1c([2H])c([2H])c(-c2ccc(-c3c4ccccc4c(-c4cccc(-c5cccc(-n6c(C([2H])([2H])C([2H])([2H])[2H])nc7ccccc76)c5)c4)c4ccccc34)cc2)c([2H])c1[2H]. The van der Waals surface area contributed by atoms with E-state index in [1.165, 1.54) is 0 Å². The number of aryl methyl sites for hydroxylation is 1. The summed E-state index contributed by atoms with van der Waals surface area (Å²) in [5.41, 5.74) is 8.09. The van der Waals surface area contributed by atoms with Gasteiger partial charge in [0.1, 0.15) is 5.82 Å². The summed E-state index contributed by atoms with van der Waals surface area (Å²) in [5, 5.41) is 4.10. The molecule has 0 saturated carbocycles. The number of benzene rings is 8. The van der Waals surface area contributed by atoms with Gasteiger partial charge in [-0.3, -0.25) is 4.57 Å². The predicted molar refractivity (Wildman–Crippen MR) is 207 cm³/mol. The summed E-state index contributed by atoms with van der Waals surface area (Å²) < 4.78 is 84.3. The van der Waals surface area contributed by atoms with E-state index in [4.69, 9.17) is 13.7 Å². The third-order valence-corrected chi connectivity index (χ3v) is 9.16. The highest BCUT2D eigenvalue weighted by Crippen LogP contribution is 2.44. The van der Waals surface area contributed by atoms with E-state index in [9.17, 15) is 0 Å². The van der Waals surface area contributed by atoms with Crippen LogP contribution < -0.4 is 0 Å². The summed E-state index contributed by atoms with van der Waals surface area (Å²) >= 11 is 0. The number of nitrogens with zero attached hydrogens (tertiary/aromatic N) is 2. The number of rotatable bonds is 6. The molecule has 9 rings (SSSR count). The van der Waals surface area contributed by atoms with Crippen molar-refractivity contribution in [3.8, 4) is 50.2 Å². The van der Waals surface area contributed by atoms with Crippen LogP contribution in [0, 0.1) is 0 Å². The van der Waals surface area contributed by atoms with Gasteiger partial charge in [0.15, 0.2) is 0 Å². The summed E-state index contributed by atoms with van der Waals surface area (Å²) in [4.78, 5) is 4.50. The standard InChI is InChI=1S/C47H34N2/c1-2-45-48-43-24-10-11-25-44(43)49(45)38-19-13-17-36(31-38)35-16-12-18-37(30-35)47-41-22-8-6-20-39(41)46(40-21-7-9-23-42(40)47)34-28-26-33(27-29-34)32-14-4-3-5-15-32/h3-31H,2H2,1H3/i1D3,2D2,3D,4D,5D,14D,15D. The second-order valence-corrected chi connectivity index (χ2v) is 11.9. The highest BCUT2D eigenvalue weighted by Gasteiger charge is 2.17. The summed E-state index contributed by atoms with van der Waals surface area (Å²) in [6, 6.07) is 45.4. The van der Waals surface area contributed by atoms with Gasteiger partial charge in [-0.2, -0.15) is 0 Å². The van der Waals surface area contributed by atoms with Crippen LogP contribution in [0.4, 0.5) is 0 Å². The Kier molecular flexibility index (Phi) is 4.98. The molecular weight excluding hydrogens is 593 g/mol. The van der Waals surface area contributed by atoms with E-state index in [1.807, 2.05) is 97.1 Å². The minimum Gasteiger partial charge on any atom is -0.296 e. The van der Waals surface area contributed by atoms with Crippen LogP contribution in [0.5, 0.6) is 0 Å². The minimum atomic E-state index is -2.95. The molecule has 0 amide bonds.